The van der Waals surface area contributed by atoms with Gasteiger partial charge in [0, 0.05) is 23.0 Å². The fourth-order valence-corrected chi connectivity index (χ4v) is 5.48. The first-order valence-electron chi connectivity index (χ1n) is 9.11. The Morgan fingerprint density at radius 2 is 1.88 bits per heavy atom. The molecule has 1 unspecified atom stereocenters. The standard InChI is InChI=1S/C20H26O4S/c21-20(22)11-7-2-1-6-10-16-17(19-13-12-18(16)24-19)14-25(23)15-8-4-3-5-9-15/h1,3-6,8-9,16-19H,2,7,10-14H2,(H,21,22)/b6-1-/t16-,17-,18-,19+,25?/m1/s1. The number of allylic oxidation sites excluding steroid dienone is 2. The van der Waals surface area contributed by atoms with Crippen LogP contribution in [0.4, 0.5) is 0 Å². The molecule has 5 atom stereocenters. The Labute approximate surface area is 151 Å². The van der Waals surface area contributed by atoms with Gasteiger partial charge < -0.3 is 9.84 Å². The lowest BCUT2D eigenvalue weighted by Gasteiger charge is -2.26. The first kappa shape index (κ1) is 18.3. The summed E-state index contributed by atoms with van der Waals surface area (Å²) >= 11 is 0. The molecule has 0 aromatic heterocycles. The minimum absolute atomic E-state index is 0.222. The van der Waals surface area contributed by atoms with Gasteiger partial charge in [0.05, 0.1) is 23.0 Å². The number of aliphatic carboxylic acids is 1. The van der Waals surface area contributed by atoms with Crippen LogP contribution < -0.4 is 0 Å². The van der Waals surface area contributed by atoms with Gasteiger partial charge in [0.15, 0.2) is 0 Å². The van der Waals surface area contributed by atoms with Crippen molar-refractivity contribution in [2.45, 2.75) is 55.6 Å². The fraction of sp³-hybridized carbons (Fsp3) is 0.550. The number of rotatable bonds is 9. The van der Waals surface area contributed by atoms with Gasteiger partial charge in [0.2, 0.25) is 0 Å². The summed E-state index contributed by atoms with van der Waals surface area (Å²) in [6.45, 7) is 0. The number of hydrogen-bond donors (Lipinski definition) is 1. The van der Waals surface area contributed by atoms with Crippen molar-refractivity contribution in [3.05, 3.63) is 42.5 Å². The van der Waals surface area contributed by atoms with E-state index in [1.807, 2.05) is 30.3 Å². The van der Waals surface area contributed by atoms with E-state index >= 15 is 0 Å². The maximum atomic E-state index is 12.7. The highest BCUT2D eigenvalue weighted by Crippen LogP contribution is 2.45. The van der Waals surface area contributed by atoms with Crippen LogP contribution in [0.2, 0.25) is 0 Å². The summed E-state index contributed by atoms with van der Waals surface area (Å²) in [4.78, 5) is 11.4. The zero-order chi connectivity index (χ0) is 17.6. The lowest BCUT2D eigenvalue weighted by Crippen LogP contribution is -2.31. The molecule has 2 saturated heterocycles. The number of hydrogen-bond acceptors (Lipinski definition) is 3. The summed E-state index contributed by atoms with van der Waals surface area (Å²) in [7, 11) is -0.981. The fourth-order valence-electron chi connectivity index (χ4n) is 4.01. The van der Waals surface area contributed by atoms with Crippen molar-refractivity contribution in [2.24, 2.45) is 11.8 Å². The zero-order valence-corrected chi connectivity index (χ0v) is 15.2. The number of carboxylic acids is 1. The smallest absolute Gasteiger partial charge is 0.303 e. The SMILES string of the molecule is O=C(O)CCC/C=C\C[C@@H]1[C@@H](CS(=O)c2ccccc2)[C@@H]2CC[C@H]1O2. The van der Waals surface area contributed by atoms with E-state index in [0.29, 0.717) is 30.1 Å². The predicted molar refractivity (Wildman–Crippen MR) is 97.8 cm³/mol. The minimum atomic E-state index is -0.981. The molecule has 0 saturated carbocycles. The Morgan fingerprint density at radius 1 is 1.16 bits per heavy atom. The molecule has 2 aliphatic rings. The van der Waals surface area contributed by atoms with Crippen molar-refractivity contribution in [1.29, 1.82) is 0 Å². The maximum Gasteiger partial charge on any atom is 0.303 e. The molecule has 2 aliphatic heterocycles. The normalized spacial score (nSPS) is 29.3. The molecule has 0 radical (unpaired) electrons. The minimum Gasteiger partial charge on any atom is -0.481 e. The molecule has 2 heterocycles. The molecular weight excluding hydrogens is 336 g/mol. The van der Waals surface area contributed by atoms with E-state index in [9.17, 15) is 9.00 Å². The summed E-state index contributed by atoms with van der Waals surface area (Å²) in [5.74, 6) is 0.715. The Bertz CT molecular complexity index is 628. The summed E-state index contributed by atoms with van der Waals surface area (Å²) < 4.78 is 18.8. The molecule has 0 aliphatic carbocycles. The van der Waals surface area contributed by atoms with Gasteiger partial charge in [0.25, 0.3) is 0 Å². The summed E-state index contributed by atoms with van der Waals surface area (Å²) in [6.07, 6.45) is 9.63. The zero-order valence-electron chi connectivity index (χ0n) is 14.4. The molecule has 4 nitrogen and oxygen atoms in total. The largest absolute Gasteiger partial charge is 0.481 e. The number of carboxylic acid groups (broad SMARTS) is 1. The van der Waals surface area contributed by atoms with Crippen LogP contribution >= 0.6 is 0 Å². The van der Waals surface area contributed by atoms with Crippen LogP contribution in [0.5, 0.6) is 0 Å². The molecule has 1 aromatic carbocycles. The average Bonchev–Trinajstić information content (AvgIpc) is 3.21. The summed E-state index contributed by atoms with van der Waals surface area (Å²) in [5, 5.41) is 8.66. The van der Waals surface area contributed by atoms with Crippen LogP contribution in [0.3, 0.4) is 0 Å². The van der Waals surface area contributed by atoms with Gasteiger partial charge in [-0.1, -0.05) is 30.4 Å². The Kier molecular flexibility index (Phi) is 6.43. The number of carbonyl (C=O) groups is 1. The van der Waals surface area contributed by atoms with E-state index in [2.05, 4.69) is 12.2 Å². The topological polar surface area (TPSA) is 63.6 Å². The lowest BCUT2D eigenvalue weighted by molar-refractivity contribution is -0.137. The van der Waals surface area contributed by atoms with E-state index in [0.717, 1.165) is 30.6 Å². The second-order valence-electron chi connectivity index (χ2n) is 6.94. The monoisotopic (exact) mass is 362 g/mol. The second kappa shape index (κ2) is 8.77. The number of fused-ring (bicyclic) bond motifs is 2. The van der Waals surface area contributed by atoms with Gasteiger partial charge in [-0.3, -0.25) is 9.00 Å². The Hall–Kier alpha value is -1.46. The highest BCUT2D eigenvalue weighted by molar-refractivity contribution is 7.85. The number of unbranched alkanes of at least 4 members (excludes halogenated alkanes) is 1. The van der Waals surface area contributed by atoms with Gasteiger partial charge in [-0.05, 0) is 50.2 Å². The van der Waals surface area contributed by atoms with Gasteiger partial charge in [0.1, 0.15) is 0 Å². The van der Waals surface area contributed by atoms with Gasteiger partial charge in [-0.2, -0.15) is 0 Å². The third kappa shape index (κ3) is 4.79. The van der Waals surface area contributed by atoms with Crippen molar-refractivity contribution in [3.8, 4) is 0 Å². The molecule has 1 N–H and O–H groups in total. The van der Waals surface area contributed by atoms with Gasteiger partial charge in [-0.25, -0.2) is 0 Å². The van der Waals surface area contributed by atoms with Crippen molar-refractivity contribution >= 4 is 16.8 Å². The van der Waals surface area contributed by atoms with E-state index in [4.69, 9.17) is 9.84 Å². The average molecular weight is 362 g/mol. The van der Waals surface area contributed by atoms with E-state index < -0.39 is 16.8 Å². The third-order valence-corrected chi connectivity index (χ3v) is 6.76. The molecule has 3 rings (SSSR count). The molecule has 0 spiro atoms. The molecule has 2 bridgehead atoms. The van der Waals surface area contributed by atoms with Crippen LogP contribution in [0.25, 0.3) is 0 Å². The molecule has 5 heteroatoms. The Morgan fingerprint density at radius 3 is 2.60 bits per heavy atom. The van der Waals surface area contributed by atoms with Crippen LogP contribution in [-0.4, -0.2) is 33.2 Å². The van der Waals surface area contributed by atoms with Crippen molar-refractivity contribution in [2.75, 3.05) is 5.75 Å². The van der Waals surface area contributed by atoms with Crippen LogP contribution in [-0.2, 0) is 20.3 Å². The first-order valence-corrected chi connectivity index (χ1v) is 10.4. The van der Waals surface area contributed by atoms with Crippen LogP contribution in [0, 0.1) is 11.8 Å². The van der Waals surface area contributed by atoms with Crippen LogP contribution in [0.15, 0.2) is 47.4 Å². The van der Waals surface area contributed by atoms with Gasteiger partial charge in [-0.15, -0.1) is 0 Å². The van der Waals surface area contributed by atoms with Gasteiger partial charge >= 0.3 is 5.97 Å². The van der Waals surface area contributed by atoms with E-state index in [-0.39, 0.29) is 12.5 Å². The third-order valence-electron chi connectivity index (χ3n) is 5.28. The van der Waals surface area contributed by atoms with Crippen molar-refractivity contribution < 1.29 is 18.8 Å². The highest BCUT2D eigenvalue weighted by atomic mass is 32.2. The Balaban J connectivity index is 1.54. The molecular formula is C20H26O4S. The number of ether oxygens (including phenoxy) is 1. The highest BCUT2D eigenvalue weighted by Gasteiger charge is 2.48. The molecule has 2 fully saturated rings. The lowest BCUT2D eigenvalue weighted by atomic mass is 9.78. The molecule has 25 heavy (non-hydrogen) atoms. The van der Waals surface area contributed by atoms with Crippen LogP contribution in [0.1, 0.15) is 38.5 Å². The predicted octanol–water partition coefficient (Wildman–Crippen LogP) is 3.79. The maximum absolute atomic E-state index is 12.7. The summed E-state index contributed by atoms with van der Waals surface area (Å²) in [6, 6.07) is 9.67. The molecule has 136 valence electrons. The molecule has 1 aromatic rings. The quantitative estimate of drug-likeness (QED) is 0.536. The molecule has 0 amide bonds. The number of benzene rings is 1. The van der Waals surface area contributed by atoms with E-state index in [1.54, 1.807) is 0 Å². The van der Waals surface area contributed by atoms with Crippen molar-refractivity contribution in [1.82, 2.24) is 0 Å². The first-order chi connectivity index (χ1) is 12.1. The van der Waals surface area contributed by atoms with Crippen molar-refractivity contribution in [3.63, 3.8) is 0 Å². The van der Waals surface area contributed by atoms with E-state index in [1.165, 1.54) is 0 Å². The second-order valence-corrected chi connectivity index (χ2v) is 8.43. The summed E-state index contributed by atoms with van der Waals surface area (Å²) in [5.41, 5.74) is 0.